The zero-order valence-corrected chi connectivity index (χ0v) is 24.1. The third-order valence-electron chi connectivity index (χ3n) is 7.91. The minimum absolute atomic E-state index is 0.289. The average Bonchev–Trinajstić information content (AvgIpc) is 3.30. The smallest absolute Gasteiger partial charge is 0.316 e. The van der Waals surface area contributed by atoms with Crippen molar-refractivity contribution in [1.82, 2.24) is 15.2 Å². The largest absolute Gasteiger partial charge is 0.416 e. The van der Waals surface area contributed by atoms with Crippen LogP contribution in [0, 0.1) is 0 Å². The maximum Gasteiger partial charge on any atom is 0.416 e. The number of anilines is 1. The lowest BCUT2D eigenvalue weighted by Crippen LogP contribution is -2.34. The standard InChI is InChI=1S/C35H37F3N4O/c36-35(37,38)31-17-19-33(20-18-31)41-34(43)42(25-28-6-5-21-39-22-28)24-27-11-15-30(16-12-27)29-13-9-26(10-14-29)23-40-32-7-3-1-2-4-8-32/h5-6,9-22,32,40H,1-4,7-8,23-25H2,(H,41,43). The third-order valence-corrected chi connectivity index (χ3v) is 7.91. The van der Waals surface area contributed by atoms with Crippen LogP contribution in [0.15, 0.2) is 97.3 Å². The molecule has 4 aromatic rings. The zero-order chi connectivity index (χ0) is 30.1. The maximum absolute atomic E-state index is 13.3. The molecule has 5 rings (SSSR count). The van der Waals surface area contributed by atoms with E-state index in [-0.39, 0.29) is 5.69 Å². The van der Waals surface area contributed by atoms with E-state index in [1.54, 1.807) is 23.4 Å². The summed E-state index contributed by atoms with van der Waals surface area (Å²) in [5.74, 6) is 0. The van der Waals surface area contributed by atoms with E-state index in [0.717, 1.165) is 40.9 Å². The Labute approximate surface area is 251 Å². The number of alkyl halides is 3. The fourth-order valence-corrected chi connectivity index (χ4v) is 5.44. The summed E-state index contributed by atoms with van der Waals surface area (Å²) in [6.45, 7) is 1.48. The second-order valence-corrected chi connectivity index (χ2v) is 11.2. The van der Waals surface area contributed by atoms with Crippen LogP contribution in [0.5, 0.6) is 0 Å². The van der Waals surface area contributed by atoms with Crippen LogP contribution < -0.4 is 10.6 Å². The molecule has 5 nitrogen and oxygen atoms in total. The molecule has 1 heterocycles. The van der Waals surface area contributed by atoms with Crippen molar-refractivity contribution in [2.24, 2.45) is 0 Å². The van der Waals surface area contributed by atoms with Gasteiger partial charge in [-0.2, -0.15) is 13.2 Å². The molecule has 2 amide bonds. The lowest BCUT2D eigenvalue weighted by Gasteiger charge is -2.23. The molecule has 3 aromatic carbocycles. The number of amides is 2. The van der Waals surface area contributed by atoms with Crippen LogP contribution in [0.2, 0.25) is 0 Å². The van der Waals surface area contributed by atoms with Gasteiger partial charge in [-0.25, -0.2) is 4.79 Å². The van der Waals surface area contributed by atoms with Gasteiger partial charge in [0.1, 0.15) is 0 Å². The van der Waals surface area contributed by atoms with Gasteiger partial charge in [0.15, 0.2) is 0 Å². The van der Waals surface area contributed by atoms with E-state index < -0.39 is 17.8 Å². The summed E-state index contributed by atoms with van der Waals surface area (Å²) in [5, 5.41) is 6.46. The molecule has 0 spiro atoms. The van der Waals surface area contributed by atoms with Gasteiger partial charge < -0.3 is 15.5 Å². The van der Waals surface area contributed by atoms with Crippen molar-refractivity contribution < 1.29 is 18.0 Å². The number of hydrogen-bond donors (Lipinski definition) is 2. The summed E-state index contributed by atoms with van der Waals surface area (Å²) < 4.78 is 38.9. The first kappa shape index (κ1) is 30.3. The van der Waals surface area contributed by atoms with Gasteiger partial charge in [0.2, 0.25) is 0 Å². The minimum Gasteiger partial charge on any atom is -0.316 e. The number of urea groups is 1. The molecule has 0 radical (unpaired) electrons. The van der Waals surface area contributed by atoms with Crippen molar-refractivity contribution in [2.45, 2.75) is 70.4 Å². The Morgan fingerprint density at radius 1 is 0.767 bits per heavy atom. The highest BCUT2D eigenvalue weighted by Crippen LogP contribution is 2.30. The van der Waals surface area contributed by atoms with Crippen LogP contribution in [0.25, 0.3) is 11.1 Å². The topological polar surface area (TPSA) is 57.3 Å². The van der Waals surface area contributed by atoms with Crippen LogP contribution in [-0.2, 0) is 25.8 Å². The average molecular weight is 587 g/mol. The van der Waals surface area contributed by atoms with Crippen LogP contribution in [0.1, 0.15) is 60.8 Å². The Hall–Kier alpha value is -4.17. The number of hydrogen-bond acceptors (Lipinski definition) is 3. The number of aromatic nitrogens is 1. The van der Waals surface area contributed by atoms with Crippen LogP contribution >= 0.6 is 0 Å². The summed E-state index contributed by atoms with van der Waals surface area (Å²) in [4.78, 5) is 19.0. The highest BCUT2D eigenvalue weighted by atomic mass is 19.4. The molecule has 1 saturated carbocycles. The van der Waals surface area contributed by atoms with Gasteiger partial charge in [-0.05, 0) is 71.0 Å². The maximum atomic E-state index is 13.3. The van der Waals surface area contributed by atoms with Gasteiger partial charge in [-0.15, -0.1) is 0 Å². The molecule has 224 valence electrons. The number of carbonyl (C=O) groups is 1. The van der Waals surface area contributed by atoms with Crippen molar-refractivity contribution in [1.29, 1.82) is 0 Å². The molecular weight excluding hydrogens is 549 g/mol. The number of nitrogens with one attached hydrogen (secondary N) is 2. The quantitative estimate of drug-likeness (QED) is 0.193. The number of carbonyl (C=O) groups excluding carboxylic acids is 1. The highest BCUT2D eigenvalue weighted by Gasteiger charge is 2.30. The fourth-order valence-electron chi connectivity index (χ4n) is 5.44. The second kappa shape index (κ2) is 14.3. The number of benzene rings is 3. The normalized spacial score (nSPS) is 14.2. The molecular formula is C35H37F3N4O. The summed E-state index contributed by atoms with van der Waals surface area (Å²) in [6.07, 6.45) is 6.78. The van der Waals surface area contributed by atoms with Gasteiger partial charge in [0.05, 0.1) is 5.56 Å². The molecule has 0 aliphatic heterocycles. The summed E-state index contributed by atoms with van der Waals surface area (Å²) >= 11 is 0. The molecule has 8 heteroatoms. The van der Waals surface area contributed by atoms with E-state index in [9.17, 15) is 18.0 Å². The van der Waals surface area contributed by atoms with Crippen molar-refractivity contribution >= 4 is 11.7 Å². The number of rotatable bonds is 9. The Morgan fingerprint density at radius 3 is 1.95 bits per heavy atom. The van der Waals surface area contributed by atoms with E-state index in [1.165, 1.54) is 56.2 Å². The SMILES string of the molecule is O=C(Nc1ccc(C(F)(F)F)cc1)N(Cc1ccc(-c2ccc(CNC3CCCCCC3)cc2)cc1)Cc1cccnc1. The summed E-state index contributed by atoms with van der Waals surface area (Å²) in [5.41, 5.74) is 4.78. The van der Waals surface area contributed by atoms with Gasteiger partial charge in [0, 0.05) is 43.8 Å². The van der Waals surface area contributed by atoms with E-state index in [2.05, 4.69) is 39.9 Å². The van der Waals surface area contributed by atoms with E-state index >= 15 is 0 Å². The number of pyridine rings is 1. The molecule has 1 aliphatic rings. The van der Waals surface area contributed by atoms with Crippen molar-refractivity contribution in [3.05, 3.63) is 120 Å². The lowest BCUT2D eigenvalue weighted by atomic mass is 10.0. The predicted molar refractivity (Wildman–Crippen MR) is 164 cm³/mol. The fraction of sp³-hybridized carbons (Fsp3) is 0.314. The summed E-state index contributed by atoms with van der Waals surface area (Å²) in [7, 11) is 0. The second-order valence-electron chi connectivity index (χ2n) is 11.2. The zero-order valence-electron chi connectivity index (χ0n) is 24.1. The van der Waals surface area contributed by atoms with Crippen LogP contribution in [0.3, 0.4) is 0 Å². The molecule has 0 atom stereocenters. The first-order valence-electron chi connectivity index (χ1n) is 14.9. The van der Waals surface area contributed by atoms with Gasteiger partial charge >= 0.3 is 12.2 Å². The van der Waals surface area contributed by atoms with E-state index in [0.29, 0.717) is 19.1 Å². The molecule has 1 aliphatic carbocycles. The molecule has 1 aromatic heterocycles. The molecule has 0 bridgehead atoms. The third kappa shape index (κ3) is 8.91. The molecule has 2 N–H and O–H groups in total. The van der Waals surface area contributed by atoms with Crippen LogP contribution in [-0.4, -0.2) is 22.0 Å². The predicted octanol–water partition coefficient (Wildman–Crippen LogP) is 8.81. The number of nitrogens with zero attached hydrogens (tertiary/aromatic N) is 2. The van der Waals surface area contributed by atoms with E-state index in [1.807, 2.05) is 30.3 Å². The Kier molecular flexibility index (Phi) is 10.1. The van der Waals surface area contributed by atoms with E-state index in [4.69, 9.17) is 0 Å². The lowest BCUT2D eigenvalue weighted by molar-refractivity contribution is -0.137. The Morgan fingerprint density at radius 2 is 1.37 bits per heavy atom. The van der Waals surface area contributed by atoms with Gasteiger partial charge in [-0.3, -0.25) is 4.98 Å². The molecule has 43 heavy (non-hydrogen) atoms. The monoisotopic (exact) mass is 586 g/mol. The van der Waals surface area contributed by atoms with Crippen molar-refractivity contribution in [2.75, 3.05) is 5.32 Å². The first-order chi connectivity index (χ1) is 20.8. The van der Waals surface area contributed by atoms with Gasteiger partial charge in [0.25, 0.3) is 0 Å². The first-order valence-corrected chi connectivity index (χ1v) is 14.9. The van der Waals surface area contributed by atoms with Crippen molar-refractivity contribution in [3.63, 3.8) is 0 Å². The molecule has 0 saturated heterocycles. The Bertz CT molecular complexity index is 1430. The Balaban J connectivity index is 1.23. The highest BCUT2D eigenvalue weighted by molar-refractivity contribution is 5.89. The molecule has 0 unspecified atom stereocenters. The minimum atomic E-state index is -4.44. The molecule has 1 fully saturated rings. The number of halogens is 3. The van der Waals surface area contributed by atoms with Crippen molar-refractivity contribution in [3.8, 4) is 11.1 Å². The van der Waals surface area contributed by atoms with Crippen LogP contribution in [0.4, 0.5) is 23.7 Å². The van der Waals surface area contributed by atoms with Gasteiger partial charge in [-0.1, -0.05) is 80.3 Å². The summed E-state index contributed by atoms with van der Waals surface area (Å²) in [6, 6.07) is 25.0.